The van der Waals surface area contributed by atoms with E-state index in [0.29, 0.717) is 12.6 Å². The summed E-state index contributed by atoms with van der Waals surface area (Å²) in [5.74, 6) is 0. The molecule has 0 aliphatic rings. The summed E-state index contributed by atoms with van der Waals surface area (Å²) in [5, 5.41) is 0. The Bertz CT molecular complexity index is 111. The summed E-state index contributed by atoms with van der Waals surface area (Å²) in [6.07, 6.45) is 0. The van der Waals surface area contributed by atoms with Crippen LogP contribution in [0.3, 0.4) is 0 Å². The van der Waals surface area contributed by atoms with Crippen LogP contribution < -0.4 is 0 Å². The fraction of sp³-hybridized carbons (Fsp3) is 0. The van der Waals surface area contributed by atoms with Crippen molar-refractivity contribution < 1.29 is 17.5 Å². The van der Waals surface area contributed by atoms with Crippen molar-refractivity contribution in [1.82, 2.24) is 0 Å². The maximum atomic E-state index is 8.52. The van der Waals surface area contributed by atoms with Crippen molar-refractivity contribution in [2.75, 3.05) is 0 Å². The molecule has 9 heavy (non-hydrogen) atoms. The molecule has 0 heterocycles. The molecular weight excluding hydrogens is 398 g/mol. The predicted octanol–water partition coefficient (Wildman–Crippen LogP) is -0.328. The van der Waals surface area contributed by atoms with Gasteiger partial charge in [-0.3, -0.25) is 46.1 Å². The van der Waals surface area contributed by atoms with Crippen molar-refractivity contribution in [2.24, 2.45) is 0 Å². The third-order valence-electron chi connectivity index (χ3n) is 0. The zero-order chi connectivity index (χ0) is 7.21. The van der Waals surface area contributed by atoms with Gasteiger partial charge in [0, 0.05) is 10.4 Å². The van der Waals surface area contributed by atoms with E-state index in [4.69, 9.17) is 17.5 Å². The Labute approximate surface area is 99.1 Å². The summed E-state index contributed by atoms with van der Waals surface area (Å²) in [7, 11) is -5.17. The van der Waals surface area contributed by atoms with Gasteiger partial charge in [-0.15, -0.1) is 0 Å². The molecule has 0 aliphatic heterocycles. The van der Waals surface area contributed by atoms with Gasteiger partial charge in [-0.25, -0.2) is 0 Å². The quantitative estimate of drug-likeness (QED) is 0.242. The van der Waals surface area contributed by atoms with E-state index in [0.717, 1.165) is 0 Å². The molecule has 0 radical (unpaired) electrons. The zero-order valence-corrected chi connectivity index (χ0v) is 12.2. The van der Waals surface area contributed by atoms with Crippen LogP contribution in [0.5, 0.6) is 0 Å². The van der Waals surface area contributed by atoms with Gasteiger partial charge in [-0.2, -0.15) is 0 Å². The number of hydrogen-bond acceptors (Lipinski definition) is 4. The third kappa shape index (κ3) is 104. The van der Waals surface area contributed by atoms with Crippen LogP contribution in [0.1, 0.15) is 0 Å². The molecule has 0 aromatic rings. The number of hydrogen-bond donors (Lipinski definition) is 0. The summed E-state index contributed by atoms with van der Waals surface area (Å²) < 4.78 is 34.1. The fourth-order valence-electron chi connectivity index (χ4n) is 0. The van der Waals surface area contributed by atoms with Crippen LogP contribution in [0, 0.1) is 0 Å². The first-order chi connectivity index (χ1) is 3.41. The normalized spacial score (nSPS) is 7.56. The molecule has 0 saturated carbocycles. The van der Waals surface area contributed by atoms with Gasteiger partial charge in [0.2, 0.25) is 0 Å². The molecule has 0 aliphatic carbocycles. The van der Waals surface area contributed by atoms with Crippen LogP contribution in [0.2, 0.25) is 0 Å². The van der Waals surface area contributed by atoms with Gasteiger partial charge >= 0.3 is 35.7 Å². The molecule has 0 saturated heterocycles. The van der Waals surface area contributed by atoms with Crippen molar-refractivity contribution in [1.29, 1.82) is 0 Å². The number of rotatable bonds is 0. The van der Waals surface area contributed by atoms with Crippen LogP contribution in [0.4, 0.5) is 0 Å². The molecule has 0 N–H and O–H groups in total. The Morgan fingerprint density at radius 3 is 1.22 bits per heavy atom. The van der Waals surface area contributed by atoms with Gasteiger partial charge in [0.1, 0.15) is 0 Å². The smallest absolute Gasteiger partial charge is 0.759 e. The van der Waals surface area contributed by atoms with Crippen LogP contribution in [-0.2, 0) is 10.4 Å². The van der Waals surface area contributed by atoms with Crippen molar-refractivity contribution in [3.05, 3.63) is 0 Å². The van der Waals surface area contributed by atoms with Crippen LogP contribution in [0.15, 0.2) is 0 Å². The molecule has 0 bridgehead atoms. The van der Waals surface area contributed by atoms with E-state index in [1.54, 1.807) is 0 Å². The number of halogens is 2. The van der Waals surface area contributed by atoms with Gasteiger partial charge < -0.3 is 9.11 Å². The van der Waals surface area contributed by atoms with Crippen LogP contribution in [-0.4, -0.2) is 53.2 Å². The fourth-order valence-corrected chi connectivity index (χ4v) is 0. The molecule has 0 rings (SSSR count). The van der Waals surface area contributed by atoms with Gasteiger partial charge in [-0.05, 0) is 0 Å². The Balaban J connectivity index is -0.0000000800. The van der Waals surface area contributed by atoms with E-state index in [9.17, 15) is 0 Å². The molecule has 0 atom stereocenters. The van der Waals surface area contributed by atoms with Gasteiger partial charge in [0.05, 0.1) is 0 Å². The zero-order valence-electron chi connectivity index (χ0n) is 4.21. The summed E-state index contributed by atoms with van der Waals surface area (Å²) in [5.41, 5.74) is 0. The SMILES string of the molecule is O=S(=O)([O-])[O-].[I][Mg][I].[Mg+2]. The Morgan fingerprint density at radius 2 is 1.22 bits per heavy atom. The van der Waals surface area contributed by atoms with E-state index in [-0.39, 0.29) is 23.1 Å². The van der Waals surface area contributed by atoms with Crippen LogP contribution >= 0.6 is 37.7 Å². The van der Waals surface area contributed by atoms with Gasteiger partial charge in [0.15, 0.2) is 0 Å². The summed E-state index contributed by atoms with van der Waals surface area (Å²) in [4.78, 5) is 0. The van der Waals surface area contributed by atoms with E-state index in [1.807, 2.05) is 0 Å². The standard InChI is InChI=1S/2HI.2Mg.H2O4S/c;;;;1-5(2,3)4/h2*1H;;;(H2,1,2,3,4)/q;;2*+2;/p-4. The topological polar surface area (TPSA) is 80.3 Å². The minimum Gasteiger partial charge on any atom is -0.759 e. The molecule has 0 aromatic heterocycles. The summed E-state index contributed by atoms with van der Waals surface area (Å²) >= 11 is 5.18. The first-order valence-electron chi connectivity index (χ1n) is 1.20. The second-order valence-corrected chi connectivity index (χ2v) is 14.9. The van der Waals surface area contributed by atoms with E-state index < -0.39 is 10.4 Å². The molecule has 0 aromatic carbocycles. The molecule has 4 nitrogen and oxygen atoms in total. The van der Waals surface area contributed by atoms with E-state index in [2.05, 4.69) is 37.7 Å². The summed E-state index contributed by atoms with van der Waals surface area (Å²) in [6, 6.07) is 0. The minimum atomic E-state index is -5.17. The van der Waals surface area contributed by atoms with Gasteiger partial charge in [-0.1, -0.05) is 0 Å². The van der Waals surface area contributed by atoms with E-state index >= 15 is 0 Å². The third-order valence-corrected chi connectivity index (χ3v) is 0. The van der Waals surface area contributed by atoms with Crippen molar-refractivity contribution in [3.63, 3.8) is 0 Å². The molecule has 0 fully saturated rings. The molecule has 48 valence electrons. The predicted molar refractivity (Wildman–Crippen MR) is 50.0 cm³/mol. The monoisotopic (exact) mass is 398 g/mol. The van der Waals surface area contributed by atoms with Crippen molar-refractivity contribution in [2.45, 2.75) is 0 Å². The molecular formula is I2Mg2O4S. The van der Waals surface area contributed by atoms with Crippen molar-refractivity contribution >= 4 is 83.8 Å². The molecule has 9 heteroatoms. The maximum Gasteiger partial charge on any atom is 2.00 e. The largest absolute Gasteiger partial charge is 2.00 e. The maximum absolute atomic E-state index is 8.52. The Morgan fingerprint density at radius 1 is 1.22 bits per heavy atom. The Kier molecular flexibility index (Phi) is 21.5. The second kappa shape index (κ2) is 10.9. The molecule has 0 amide bonds. The molecule has 0 unspecified atom stereocenters. The summed E-state index contributed by atoms with van der Waals surface area (Å²) in [6.45, 7) is 0. The van der Waals surface area contributed by atoms with Crippen LogP contribution in [0.25, 0.3) is 0 Å². The average molecular weight is 398 g/mol. The second-order valence-electron chi connectivity index (χ2n) is 0.509. The van der Waals surface area contributed by atoms with Crippen molar-refractivity contribution in [3.8, 4) is 0 Å². The van der Waals surface area contributed by atoms with Gasteiger partial charge in [0.25, 0.3) is 0 Å². The minimum absolute atomic E-state index is 0. The Hall–Kier alpha value is 2.86. The average Bonchev–Trinajstić information content (AvgIpc) is 1.27. The first kappa shape index (κ1) is 17.8. The molecule has 0 spiro atoms. The van der Waals surface area contributed by atoms with E-state index in [1.165, 1.54) is 0 Å². The first-order valence-corrected chi connectivity index (χ1v) is 12.8.